The van der Waals surface area contributed by atoms with Crippen LogP contribution in [0, 0.1) is 5.92 Å². The summed E-state index contributed by atoms with van der Waals surface area (Å²) in [6.07, 6.45) is 3.99. The number of ether oxygens (including phenoxy) is 1. The van der Waals surface area contributed by atoms with Crippen LogP contribution in [0.5, 0.6) is 0 Å². The fraction of sp³-hybridized carbons (Fsp3) is 0.619. The van der Waals surface area contributed by atoms with E-state index in [1.54, 1.807) is 0 Å². The Bertz CT molecular complexity index is 673. The van der Waals surface area contributed by atoms with E-state index in [9.17, 15) is 13.8 Å². The maximum Gasteiger partial charge on any atom is 0.407 e. The fourth-order valence-corrected chi connectivity index (χ4v) is 4.33. The Hall–Kier alpha value is -1.89. The number of hydrogen-bond acceptors (Lipinski definition) is 4. The van der Waals surface area contributed by atoms with E-state index in [2.05, 4.69) is 10.6 Å². The van der Waals surface area contributed by atoms with Crippen molar-refractivity contribution >= 4 is 22.8 Å². The smallest absolute Gasteiger partial charge is 0.407 e. The number of hydrogen-bond donors (Lipinski definition) is 2. The summed E-state index contributed by atoms with van der Waals surface area (Å²) >= 11 is 0. The van der Waals surface area contributed by atoms with Gasteiger partial charge in [0.2, 0.25) is 5.91 Å². The van der Waals surface area contributed by atoms with E-state index in [1.165, 1.54) is 0 Å². The number of alkyl carbamates (subject to hydrolysis) is 1. The summed E-state index contributed by atoms with van der Waals surface area (Å²) in [5.74, 6) is -0.0136. The van der Waals surface area contributed by atoms with Gasteiger partial charge in [-0.05, 0) is 45.7 Å². The van der Waals surface area contributed by atoms with Crippen LogP contribution in [-0.4, -0.2) is 40.1 Å². The second-order valence-electron chi connectivity index (χ2n) is 8.15. The average Bonchev–Trinajstić information content (AvgIpc) is 2.86. The van der Waals surface area contributed by atoms with Gasteiger partial charge in [0.05, 0.1) is 16.7 Å². The lowest BCUT2D eigenvalue weighted by molar-refractivity contribution is -0.125. The minimum Gasteiger partial charge on any atom is -0.444 e. The van der Waals surface area contributed by atoms with Crippen LogP contribution in [0.2, 0.25) is 0 Å². The molecule has 1 fully saturated rings. The van der Waals surface area contributed by atoms with Crippen LogP contribution in [0.1, 0.15) is 52.9 Å². The van der Waals surface area contributed by atoms with Crippen molar-refractivity contribution in [2.45, 2.75) is 69.4 Å². The van der Waals surface area contributed by atoms with E-state index >= 15 is 0 Å². The van der Waals surface area contributed by atoms with Crippen molar-refractivity contribution in [3.8, 4) is 0 Å². The molecule has 3 atom stereocenters. The van der Waals surface area contributed by atoms with Crippen molar-refractivity contribution < 1.29 is 18.5 Å². The average molecular weight is 409 g/mol. The van der Waals surface area contributed by atoms with Gasteiger partial charge in [0.1, 0.15) is 5.60 Å². The van der Waals surface area contributed by atoms with Gasteiger partial charge in [0.15, 0.2) is 0 Å². The van der Waals surface area contributed by atoms with E-state index in [0.29, 0.717) is 12.3 Å². The quantitative estimate of drug-likeness (QED) is 0.707. The minimum atomic E-state index is -1.14. The maximum absolute atomic E-state index is 12.7. The van der Waals surface area contributed by atoms with Crippen LogP contribution in [0.3, 0.4) is 0 Å². The molecule has 2 amide bonds. The third-order valence-electron chi connectivity index (χ3n) is 4.65. The normalized spacial score (nSPS) is 21.2. The largest absolute Gasteiger partial charge is 0.444 e. The molecule has 0 radical (unpaired) electrons. The van der Waals surface area contributed by atoms with E-state index in [0.717, 1.165) is 37.0 Å². The van der Waals surface area contributed by atoms with E-state index in [1.807, 2.05) is 51.1 Å². The molecule has 0 aromatic heterocycles. The Morgan fingerprint density at radius 1 is 1.11 bits per heavy atom. The molecule has 1 aliphatic rings. The second-order valence-corrected chi connectivity index (χ2v) is 9.72. The van der Waals surface area contributed by atoms with E-state index in [4.69, 9.17) is 4.74 Å². The fourth-order valence-electron chi connectivity index (χ4n) is 3.34. The van der Waals surface area contributed by atoms with Gasteiger partial charge in [-0.1, -0.05) is 37.5 Å². The Morgan fingerprint density at radius 2 is 1.79 bits per heavy atom. The molecule has 0 aliphatic heterocycles. The van der Waals surface area contributed by atoms with E-state index < -0.39 is 22.5 Å². The molecule has 1 aromatic rings. The summed E-state index contributed by atoms with van der Waals surface area (Å²) in [5.41, 5.74) is -0.575. The first kappa shape index (κ1) is 22.4. The number of amides is 2. The number of carbonyl (C=O) groups is 2. The Labute approximate surface area is 170 Å². The highest BCUT2D eigenvalue weighted by Gasteiger charge is 2.32. The molecule has 28 heavy (non-hydrogen) atoms. The van der Waals surface area contributed by atoms with Crippen LogP contribution in [0.25, 0.3) is 0 Å². The minimum absolute atomic E-state index is 0.0898. The predicted molar refractivity (Wildman–Crippen MR) is 110 cm³/mol. The summed E-state index contributed by atoms with van der Waals surface area (Å²) in [7, 11) is -1.14. The van der Waals surface area contributed by atoms with Gasteiger partial charge >= 0.3 is 6.09 Å². The van der Waals surface area contributed by atoms with Crippen molar-refractivity contribution in [1.29, 1.82) is 0 Å². The second kappa shape index (κ2) is 10.6. The molecule has 0 unspecified atom stereocenters. The first-order valence-corrected chi connectivity index (χ1v) is 11.3. The molecule has 2 rings (SSSR count). The summed E-state index contributed by atoms with van der Waals surface area (Å²) in [6.45, 7) is 5.79. The van der Waals surface area contributed by atoms with Gasteiger partial charge in [0.25, 0.3) is 0 Å². The molecule has 6 nitrogen and oxygen atoms in total. The lowest BCUT2D eigenvalue weighted by Crippen LogP contribution is -2.48. The van der Waals surface area contributed by atoms with Crippen LogP contribution in [0.4, 0.5) is 4.79 Å². The van der Waals surface area contributed by atoms with Crippen LogP contribution >= 0.6 is 0 Å². The summed E-state index contributed by atoms with van der Waals surface area (Å²) in [5, 5.41) is 5.80. The molecule has 0 heterocycles. The molecule has 2 N–H and O–H groups in total. The molecule has 0 saturated heterocycles. The van der Waals surface area contributed by atoms with Crippen LogP contribution in [-0.2, 0) is 20.3 Å². The van der Waals surface area contributed by atoms with Crippen LogP contribution in [0.15, 0.2) is 35.2 Å². The van der Waals surface area contributed by atoms with Crippen molar-refractivity contribution in [2.75, 3.05) is 12.3 Å². The highest BCUT2D eigenvalue weighted by atomic mass is 32.2. The van der Waals surface area contributed by atoms with Gasteiger partial charge in [-0.15, -0.1) is 0 Å². The monoisotopic (exact) mass is 408 g/mol. The lowest BCUT2D eigenvalue weighted by Gasteiger charge is -2.27. The zero-order valence-corrected chi connectivity index (χ0v) is 17.8. The highest BCUT2D eigenvalue weighted by Crippen LogP contribution is 2.24. The molecule has 0 bridgehead atoms. The summed E-state index contributed by atoms with van der Waals surface area (Å²) in [6, 6.07) is 8.99. The molecule has 0 spiro atoms. The molecule has 1 aromatic carbocycles. The maximum atomic E-state index is 12.7. The Balaban J connectivity index is 1.88. The molecular formula is C21H32N2O4S. The third-order valence-corrected chi connectivity index (χ3v) is 6.02. The Morgan fingerprint density at radius 3 is 2.46 bits per heavy atom. The standard InChI is InChI=1S/C21H32N2O4S/c1-21(2,3)27-20(25)23-18-13-9-5-8-12-17(18)19(24)22-14-15-28(26)16-10-6-4-7-11-16/h4,6-7,10-11,17-18H,5,8-9,12-15H2,1-3H3,(H,22,24)(H,23,25)/t17-,18+,28+/m0/s1. The molecule has 156 valence electrons. The molecule has 1 saturated carbocycles. The summed E-state index contributed by atoms with van der Waals surface area (Å²) < 4.78 is 17.6. The van der Waals surface area contributed by atoms with Gasteiger partial charge in [-0.25, -0.2) is 4.79 Å². The topological polar surface area (TPSA) is 84.5 Å². The van der Waals surface area contributed by atoms with Gasteiger partial charge in [0, 0.05) is 23.2 Å². The van der Waals surface area contributed by atoms with Crippen molar-refractivity contribution in [3.05, 3.63) is 30.3 Å². The highest BCUT2D eigenvalue weighted by molar-refractivity contribution is 7.85. The van der Waals surface area contributed by atoms with E-state index in [-0.39, 0.29) is 17.9 Å². The first-order valence-electron chi connectivity index (χ1n) is 9.97. The van der Waals surface area contributed by atoms with Crippen molar-refractivity contribution in [3.63, 3.8) is 0 Å². The van der Waals surface area contributed by atoms with Crippen molar-refractivity contribution in [1.82, 2.24) is 10.6 Å². The Kier molecular flexibility index (Phi) is 8.48. The number of benzene rings is 1. The van der Waals surface area contributed by atoms with Gasteiger partial charge in [-0.3, -0.25) is 9.00 Å². The number of rotatable bonds is 6. The zero-order chi connectivity index (χ0) is 20.6. The molecule has 1 aliphatic carbocycles. The third kappa shape index (κ3) is 7.62. The van der Waals surface area contributed by atoms with Gasteiger partial charge in [-0.2, -0.15) is 0 Å². The SMILES string of the molecule is CC(C)(C)OC(=O)N[C@@H]1CCCCC[C@@H]1C(=O)NCC[S@@](=O)c1ccccc1. The van der Waals surface area contributed by atoms with Gasteiger partial charge < -0.3 is 15.4 Å². The summed E-state index contributed by atoms with van der Waals surface area (Å²) in [4.78, 5) is 25.7. The number of nitrogens with one attached hydrogen (secondary N) is 2. The first-order chi connectivity index (χ1) is 13.3. The predicted octanol–water partition coefficient (Wildman–Crippen LogP) is 3.38. The molecular weight excluding hydrogens is 376 g/mol. The zero-order valence-electron chi connectivity index (χ0n) is 17.0. The number of carbonyl (C=O) groups excluding carboxylic acids is 2. The van der Waals surface area contributed by atoms with Crippen LogP contribution < -0.4 is 10.6 Å². The molecule has 7 heteroatoms. The lowest BCUT2D eigenvalue weighted by atomic mass is 9.94. The van der Waals surface area contributed by atoms with Crippen molar-refractivity contribution in [2.24, 2.45) is 5.92 Å².